The first kappa shape index (κ1) is 15.9. The minimum atomic E-state index is -3.87. The minimum Gasteiger partial charge on any atom is -0.392 e. The van der Waals surface area contributed by atoms with E-state index in [-0.39, 0.29) is 10.6 Å². The van der Waals surface area contributed by atoms with Crippen molar-refractivity contribution in [2.45, 2.75) is 44.2 Å². The fraction of sp³-hybridized carbons (Fsp3) is 0.538. The molecule has 0 radical (unpaired) electrons. The molecule has 2 N–H and O–H groups in total. The number of rotatable bonds is 4. The smallest absolute Gasteiger partial charge is 0.270 e. The van der Waals surface area contributed by atoms with Crippen LogP contribution in [0.3, 0.4) is 0 Å². The van der Waals surface area contributed by atoms with Crippen LogP contribution in [-0.4, -0.2) is 30.6 Å². The molecule has 2 rings (SSSR count). The van der Waals surface area contributed by atoms with Gasteiger partial charge in [-0.2, -0.15) is 0 Å². The van der Waals surface area contributed by atoms with E-state index in [4.69, 9.17) is 0 Å². The highest BCUT2D eigenvalue weighted by Gasteiger charge is 2.49. The molecule has 0 bridgehead atoms. The van der Waals surface area contributed by atoms with Crippen LogP contribution in [0.25, 0.3) is 0 Å². The number of nitrogens with one attached hydrogen (secondary N) is 1. The highest BCUT2D eigenvalue weighted by atomic mass is 32.2. The summed E-state index contributed by atoms with van der Waals surface area (Å²) in [7, 11) is -3.87. The quantitative estimate of drug-likeness (QED) is 0.644. The number of nitro benzene ring substituents is 1. The molecule has 7 nitrogen and oxygen atoms in total. The summed E-state index contributed by atoms with van der Waals surface area (Å²) in [6, 6.07) is 3.34. The average molecular weight is 314 g/mol. The highest BCUT2D eigenvalue weighted by molar-refractivity contribution is 7.89. The number of sulfonamides is 1. The van der Waals surface area contributed by atoms with E-state index < -0.39 is 32.5 Å². The molecule has 2 atom stereocenters. The summed E-state index contributed by atoms with van der Waals surface area (Å²) in [6.07, 6.45) is -0.225. The zero-order chi connectivity index (χ0) is 16.0. The summed E-state index contributed by atoms with van der Waals surface area (Å²) >= 11 is 0. The number of aliphatic hydroxyl groups excluding tert-OH is 1. The molecular formula is C13H18N2O5S. The van der Waals surface area contributed by atoms with Gasteiger partial charge in [-0.25, -0.2) is 13.1 Å². The largest absolute Gasteiger partial charge is 0.392 e. The lowest BCUT2D eigenvalue weighted by atomic mass is 9.65. The summed E-state index contributed by atoms with van der Waals surface area (Å²) in [5, 5.41) is 20.4. The van der Waals surface area contributed by atoms with Crippen LogP contribution in [-0.2, 0) is 10.0 Å². The Kier molecular flexibility index (Phi) is 3.81. The molecule has 0 aliphatic heterocycles. The summed E-state index contributed by atoms with van der Waals surface area (Å²) in [5.74, 6) is 0. The SMILES string of the molecule is Cc1ccc([N+](=O)[O-])cc1S(=O)(=O)NC1CC(O)C1(C)C. The topological polar surface area (TPSA) is 110 Å². The highest BCUT2D eigenvalue weighted by Crippen LogP contribution is 2.41. The van der Waals surface area contributed by atoms with Crippen molar-refractivity contribution >= 4 is 15.7 Å². The number of nitro groups is 1. The van der Waals surface area contributed by atoms with Crippen molar-refractivity contribution in [1.82, 2.24) is 4.72 Å². The molecule has 2 unspecified atom stereocenters. The fourth-order valence-electron chi connectivity index (χ4n) is 2.35. The number of aryl methyl sites for hydroxylation is 1. The Hall–Kier alpha value is -1.51. The Morgan fingerprint density at radius 1 is 1.43 bits per heavy atom. The van der Waals surface area contributed by atoms with Gasteiger partial charge < -0.3 is 5.11 Å². The van der Waals surface area contributed by atoms with Crippen LogP contribution in [0.5, 0.6) is 0 Å². The van der Waals surface area contributed by atoms with Crippen molar-refractivity contribution in [3.8, 4) is 0 Å². The van der Waals surface area contributed by atoms with Gasteiger partial charge in [-0.3, -0.25) is 10.1 Å². The number of hydrogen-bond donors (Lipinski definition) is 2. The lowest BCUT2D eigenvalue weighted by molar-refractivity contribution is -0.385. The van der Waals surface area contributed by atoms with Crippen molar-refractivity contribution in [3.63, 3.8) is 0 Å². The number of non-ortho nitro benzene ring substituents is 1. The summed E-state index contributed by atoms with van der Waals surface area (Å²) in [5.41, 5.74) is -0.388. The van der Waals surface area contributed by atoms with Crippen LogP contribution >= 0.6 is 0 Å². The molecular weight excluding hydrogens is 296 g/mol. The van der Waals surface area contributed by atoms with Crippen LogP contribution in [0.2, 0.25) is 0 Å². The van der Waals surface area contributed by atoms with Gasteiger partial charge in [-0.15, -0.1) is 0 Å². The van der Waals surface area contributed by atoms with E-state index in [1.807, 2.05) is 0 Å². The maximum Gasteiger partial charge on any atom is 0.270 e. The molecule has 0 spiro atoms. The lowest BCUT2D eigenvalue weighted by Gasteiger charge is -2.49. The average Bonchev–Trinajstić information content (AvgIpc) is 2.38. The van der Waals surface area contributed by atoms with Gasteiger partial charge in [0.1, 0.15) is 0 Å². The van der Waals surface area contributed by atoms with Gasteiger partial charge in [0.05, 0.1) is 15.9 Å². The minimum absolute atomic E-state index is 0.103. The van der Waals surface area contributed by atoms with E-state index >= 15 is 0 Å². The van der Waals surface area contributed by atoms with Crippen LogP contribution in [0.1, 0.15) is 25.8 Å². The van der Waals surface area contributed by atoms with Gasteiger partial charge in [0.15, 0.2) is 0 Å². The van der Waals surface area contributed by atoms with E-state index in [9.17, 15) is 23.6 Å². The van der Waals surface area contributed by atoms with Crippen LogP contribution in [0.4, 0.5) is 5.69 Å². The summed E-state index contributed by atoms with van der Waals surface area (Å²) in [6.45, 7) is 5.13. The molecule has 0 amide bonds. The molecule has 1 fully saturated rings. The predicted molar refractivity (Wildman–Crippen MR) is 76.3 cm³/mol. The second-order valence-electron chi connectivity index (χ2n) is 5.95. The maximum atomic E-state index is 12.4. The van der Waals surface area contributed by atoms with E-state index in [1.54, 1.807) is 20.8 Å². The van der Waals surface area contributed by atoms with E-state index in [0.717, 1.165) is 6.07 Å². The van der Waals surface area contributed by atoms with Crippen molar-refractivity contribution in [2.24, 2.45) is 5.41 Å². The summed E-state index contributed by atoms with van der Waals surface area (Å²) in [4.78, 5) is 10.1. The zero-order valence-corrected chi connectivity index (χ0v) is 12.8. The monoisotopic (exact) mass is 314 g/mol. The van der Waals surface area contributed by atoms with E-state index in [1.165, 1.54) is 12.1 Å². The molecule has 1 aromatic carbocycles. The van der Waals surface area contributed by atoms with Crippen molar-refractivity contribution in [1.29, 1.82) is 0 Å². The Balaban J connectivity index is 2.32. The summed E-state index contributed by atoms with van der Waals surface area (Å²) < 4.78 is 27.3. The van der Waals surface area contributed by atoms with E-state index in [2.05, 4.69) is 4.72 Å². The first-order valence-electron chi connectivity index (χ1n) is 6.51. The Labute approximate surface area is 123 Å². The second-order valence-corrected chi connectivity index (χ2v) is 7.64. The molecule has 1 aliphatic carbocycles. The standard InChI is InChI=1S/C13H18N2O5S/c1-8-4-5-9(15(17)18)6-10(8)21(19,20)14-11-7-12(16)13(11,2)3/h4-6,11-12,14,16H,7H2,1-3H3. The van der Waals surface area contributed by atoms with Gasteiger partial charge in [-0.05, 0) is 18.9 Å². The van der Waals surface area contributed by atoms with Gasteiger partial charge >= 0.3 is 0 Å². The van der Waals surface area contributed by atoms with Crippen molar-refractivity contribution in [3.05, 3.63) is 33.9 Å². The Bertz CT molecular complexity index is 684. The van der Waals surface area contributed by atoms with Crippen LogP contribution in [0.15, 0.2) is 23.1 Å². The first-order valence-corrected chi connectivity index (χ1v) is 7.99. The molecule has 21 heavy (non-hydrogen) atoms. The molecule has 0 aromatic heterocycles. The third-order valence-electron chi connectivity index (χ3n) is 4.19. The number of aliphatic hydroxyl groups is 1. The van der Waals surface area contributed by atoms with Gasteiger partial charge in [-0.1, -0.05) is 19.9 Å². The molecule has 1 saturated carbocycles. The van der Waals surface area contributed by atoms with Gasteiger partial charge in [0.2, 0.25) is 10.0 Å². The second kappa shape index (κ2) is 5.04. The van der Waals surface area contributed by atoms with Gasteiger partial charge in [0, 0.05) is 23.6 Å². The van der Waals surface area contributed by atoms with Crippen LogP contribution < -0.4 is 4.72 Å². The third kappa shape index (κ3) is 2.78. The molecule has 1 aliphatic rings. The fourth-order valence-corrected chi connectivity index (χ4v) is 4.01. The molecule has 0 heterocycles. The molecule has 8 heteroatoms. The number of hydrogen-bond acceptors (Lipinski definition) is 5. The molecule has 1 aromatic rings. The van der Waals surface area contributed by atoms with Gasteiger partial charge in [0.25, 0.3) is 5.69 Å². The van der Waals surface area contributed by atoms with Crippen molar-refractivity contribution < 1.29 is 18.4 Å². The lowest BCUT2D eigenvalue weighted by Crippen LogP contribution is -2.61. The zero-order valence-electron chi connectivity index (χ0n) is 12.0. The van der Waals surface area contributed by atoms with Crippen molar-refractivity contribution in [2.75, 3.05) is 0 Å². The van der Waals surface area contributed by atoms with Crippen LogP contribution in [0, 0.1) is 22.5 Å². The van der Waals surface area contributed by atoms with E-state index in [0.29, 0.717) is 12.0 Å². The molecule has 0 saturated heterocycles. The number of nitrogens with zero attached hydrogens (tertiary/aromatic N) is 1. The third-order valence-corrected chi connectivity index (χ3v) is 5.80. The Morgan fingerprint density at radius 2 is 2.05 bits per heavy atom. The molecule has 116 valence electrons. The predicted octanol–water partition coefficient (Wildman–Crippen LogP) is 1.34. The Morgan fingerprint density at radius 3 is 2.52 bits per heavy atom. The normalized spacial score (nSPS) is 24.4. The number of benzene rings is 1. The first-order chi connectivity index (χ1) is 9.55. The maximum absolute atomic E-state index is 12.4.